The van der Waals surface area contributed by atoms with Crippen molar-refractivity contribution in [2.24, 2.45) is 0 Å². The predicted octanol–water partition coefficient (Wildman–Crippen LogP) is 1.89. The van der Waals surface area contributed by atoms with Gasteiger partial charge in [-0.15, -0.1) is 0 Å². The molecule has 1 N–H and O–H groups in total. The van der Waals surface area contributed by atoms with E-state index in [0.717, 1.165) is 17.5 Å². The lowest BCUT2D eigenvalue weighted by Gasteiger charge is -1.99. The second kappa shape index (κ2) is 3.23. The summed E-state index contributed by atoms with van der Waals surface area (Å²) < 4.78 is 0. The quantitative estimate of drug-likeness (QED) is 0.703. The lowest BCUT2D eigenvalue weighted by Crippen LogP contribution is -1.86. The standard InChI is InChI=1S/C10H8N2O/c13-7-8-3-1-2-4-9(8)10-5-6-11-12-10/h1-7H,(H,11,12). The highest BCUT2D eigenvalue weighted by Gasteiger charge is 2.03. The van der Waals surface area contributed by atoms with Gasteiger partial charge in [0.25, 0.3) is 0 Å². The minimum Gasteiger partial charge on any atom is -0.298 e. The Balaban J connectivity index is 2.57. The molecule has 0 spiro atoms. The zero-order valence-corrected chi connectivity index (χ0v) is 6.90. The van der Waals surface area contributed by atoms with E-state index in [4.69, 9.17) is 0 Å². The Morgan fingerprint density at radius 1 is 1.23 bits per heavy atom. The third-order valence-corrected chi connectivity index (χ3v) is 1.88. The maximum atomic E-state index is 10.7. The van der Waals surface area contributed by atoms with Crippen molar-refractivity contribution in [3.8, 4) is 11.3 Å². The number of carbonyl (C=O) groups excluding carboxylic acids is 1. The van der Waals surface area contributed by atoms with Crippen LogP contribution in [0.5, 0.6) is 0 Å². The smallest absolute Gasteiger partial charge is 0.150 e. The zero-order chi connectivity index (χ0) is 9.10. The van der Waals surface area contributed by atoms with E-state index in [9.17, 15) is 4.79 Å². The average molecular weight is 172 g/mol. The number of hydrogen-bond acceptors (Lipinski definition) is 2. The van der Waals surface area contributed by atoms with Crippen molar-refractivity contribution in [1.82, 2.24) is 10.2 Å². The number of nitrogens with one attached hydrogen (secondary N) is 1. The second-order valence-electron chi connectivity index (χ2n) is 2.68. The Bertz CT molecular complexity index is 407. The molecule has 3 heteroatoms. The molecular formula is C10H8N2O. The van der Waals surface area contributed by atoms with Gasteiger partial charge in [-0.2, -0.15) is 5.10 Å². The van der Waals surface area contributed by atoms with E-state index in [0.29, 0.717) is 5.56 Å². The maximum absolute atomic E-state index is 10.7. The van der Waals surface area contributed by atoms with E-state index in [1.54, 1.807) is 12.3 Å². The van der Waals surface area contributed by atoms with Gasteiger partial charge in [-0.1, -0.05) is 24.3 Å². The van der Waals surface area contributed by atoms with Crippen LogP contribution in [0.2, 0.25) is 0 Å². The predicted molar refractivity (Wildman–Crippen MR) is 49.4 cm³/mol. The van der Waals surface area contributed by atoms with Gasteiger partial charge in [0.1, 0.15) is 0 Å². The Morgan fingerprint density at radius 2 is 2.08 bits per heavy atom. The van der Waals surface area contributed by atoms with Gasteiger partial charge in [-0.05, 0) is 6.07 Å². The number of aromatic nitrogens is 2. The Hall–Kier alpha value is -1.90. The first-order valence-electron chi connectivity index (χ1n) is 3.96. The van der Waals surface area contributed by atoms with Gasteiger partial charge in [0.2, 0.25) is 0 Å². The largest absolute Gasteiger partial charge is 0.298 e. The number of nitrogens with zero attached hydrogens (tertiary/aromatic N) is 1. The molecule has 0 saturated carbocycles. The highest BCUT2D eigenvalue weighted by Crippen LogP contribution is 2.19. The number of H-pyrrole nitrogens is 1. The summed E-state index contributed by atoms with van der Waals surface area (Å²) >= 11 is 0. The van der Waals surface area contributed by atoms with Crippen LogP contribution in [0.25, 0.3) is 11.3 Å². The van der Waals surface area contributed by atoms with E-state index < -0.39 is 0 Å². The molecule has 0 bridgehead atoms. The third-order valence-electron chi connectivity index (χ3n) is 1.88. The summed E-state index contributed by atoms with van der Waals surface area (Å²) in [5, 5.41) is 6.65. The van der Waals surface area contributed by atoms with Gasteiger partial charge in [-0.25, -0.2) is 0 Å². The lowest BCUT2D eigenvalue weighted by molar-refractivity contribution is 0.112. The number of rotatable bonds is 2. The van der Waals surface area contributed by atoms with Crippen LogP contribution in [-0.2, 0) is 0 Å². The summed E-state index contributed by atoms with van der Waals surface area (Å²) in [5.41, 5.74) is 2.42. The number of benzene rings is 1. The van der Waals surface area contributed by atoms with E-state index in [1.807, 2.05) is 24.3 Å². The maximum Gasteiger partial charge on any atom is 0.150 e. The molecule has 0 saturated heterocycles. The van der Waals surface area contributed by atoms with Crippen LogP contribution in [-0.4, -0.2) is 16.5 Å². The molecule has 1 heterocycles. The third kappa shape index (κ3) is 1.36. The van der Waals surface area contributed by atoms with Crippen LogP contribution >= 0.6 is 0 Å². The second-order valence-corrected chi connectivity index (χ2v) is 2.68. The number of carbonyl (C=O) groups is 1. The molecule has 64 valence electrons. The normalized spacial score (nSPS) is 9.85. The molecule has 0 radical (unpaired) electrons. The van der Waals surface area contributed by atoms with Crippen molar-refractivity contribution < 1.29 is 4.79 Å². The van der Waals surface area contributed by atoms with E-state index in [-0.39, 0.29) is 0 Å². The van der Waals surface area contributed by atoms with Crippen LogP contribution in [0, 0.1) is 0 Å². The summed E-state index contributed by atoms with van der Waals surface area (Å²) in [5.74, 6) is 0. The summed E-state index contributed by atoms with van der Waals surface area (Å²) in [7, 11) is 0. The molecular weight excluding hydrogens is 164 g/mol. The van der Waals surface area contributed by atoms with Crippen molar-refractivity contribution >= 4 is 6.29 Å². The number of aromatic amines is 1. The van der Waals surface area contributed by atoms with Crippen LogP contribution in [0.4, 0.5) is 0 Å². The molecule has 0 unspecified atom stereocenters. The highest BCUT2D eigenvalue weighted by molar-refractivity contribution is 5.86. The molecule has 1 aromatic carbocycles. The molecule has 3 nitrogen and oxygen atoms in total. The van der Waals surface area contributed by atoms with E-state index in [2.05, 4.69) is 10.2 Å². The minimum absolute atomic E-state index is 0.673. The van der Waals surface area contributed by atoms with Gasteiger partial charge < -0.3 is 0 Å². The molecule has 2 rings (SSSR count). The van der Waals surface area contributed by atoms with E-state index >= 15 is 0 Å². The van der Waals surface area contributed by atoms with Crippen LogP contribution in [0.1, 0.15) is 10.4 Å². The molecule has 0 aliphatic heterocycles. The zero-order valence-electron chi connectivity index (χ0n) is 6.90. The molecule has 0 atom stereocenters. The fourth-order valence-corrected chi connectivity index (χ4v) is 1.25. The molecule has 0 amide bonds. The van der Waals surface area contributed by atoms with Crippen molar-refractivity contribution in [2.75, 3.05) is 0 Å². The number of hydrogen-bond donors (Lipinski definition) is 1. The summed E-state index contributed by atoms with van der Waals surface area (Å²) in [6, 6.07) is 9.23. The number of aldehydes is 1. The fourth-order valence-electron chi connectivity index (χ4n) is 1.25. The van der Waals surface area contributed by atoms with Crippen LogP contribution in [0.15, 0.2) is 36.5 Å². The van der Waals surface area contributed by atoms with Gasteiger partial charge >= 0.3 is 0 Å². The van der Waals surface area contributed by atoms with Crippen molar-refractivity contribution in [3.63, 3.8) is 0 Å². The molecule has 0 aliphatic carbocycles. The topological polar surface area (TPSA) is 45.8 Å². The molecule has 0 fully saturated rings. The van der Waals surface area contributed by atoms with Gasteiger partial charge in [0, 0.05) is 17.3 Å². The fraction of sp³-hybridized carbons (Fsp3) is 0. The first kappa shape index (κ1) is 7.73. The van der Waals surface area contributed by atoms with Crippen LogP contribution in [0.3, 0.4) is 0 Å². The summed E-state index contributed by atoms with van der Waals surface area (Å²) in [4.78, 5) is 10.7. The Kier molecular flexibility index (Phi) is 1.92. The average Bonchev–Trinajstić information content (AvgIpc) is 2.70. The van der Waals surface area contributed by atoms with Crippen molar-refractivity contribution in [1.29, 1.82) is 0 Å². The van der Waals surface area contributed by atoms with Gasteiger partial charge in [-0.3, -0.25) is 9.89 Å². The van der Waals surface area contributed by atoms with Gasteiger partial charge in [0.15, 0.2) is 6.29 Å². The van der Waals surface area contributed by atoms with Gasteiger partial charge in [0.05, 0.1) is 5.69 Å². The molecule has 0 aliphatic rings. The van der Waals surface area contributed by atoms with Crippen molar-refractivity contribution in [2.45, 2.75) is 0 Å². The first-order valence-corrected chi connectivity index (χ1v) is 3.96. The minimum atomic E-state index is 0.673. The van der Waals surface area contributed by atoms with Crippen molar-refractivity contribution in [3.05, 3.63) is 42.1 Å². The molecule has 13 heavy (non-hydrogen) atoms. The van der Waals surface area contributed by atoms with E-state index in [1.165, 1.54) is 0 Å². The monoisotopic (exact) mass is 172 g/mol. The lowest BCUT2D eigenvalue weighted by atomic mass is 10.1. The first-order chi connectivity index (χ1) is 6.42. The Labute approximate surface area is 75.4 Å². The molecule has 1 aromatic heterocycles. The molecule has 2 aromatic rings. The summed E-state index contributed by atoms with van der Waals surface area (Å²) in [6.45, 7) is 0. The Morgan fingerprint density at radius 3 is 2.77 bits per heavy atom. The highest BCUT2D eigenvalue weighted by atomic mass is 16.1. The summed E-state index contributed by atoms with van der Waals surface area (Å²) in [6.07, 6.45) is 2.51. The van der Waals surface area contributed by atoms with Crippen LogP contribution < -0.4 is 0 Å². The SMILES string of the molecule is O=Cc1ccccc1-c1ccn[nH]1.